The molecule has 4 aliphatic carbocycles. The van der Waals surface area contributed by atoms with Crippen molar-refractivity contribution in [2.24, 2.45) is 28.6 Å². The van der Waals surface area contributed by atoms with E-state index in [2.05, 4.69) is 13.8 Å². The summed E-state index contributed by atoms with van der Waals surface area (Å²) in [6.45, 7) is 4.34. The number of Topliss-reactive ketones (excluding diaryl/α,β-unsaturated/α-hetero) is 1. The van der Waals surface area contributed by atoms with E-state index in [-0.39, 0.29) is 28.6 Å². The molecule has 0 bridgehead atoms. The lowest BCUT2D eigenvalue weighted by Gasteiger charge is -2.56. The van der Waals surface area contributed by atoms with Gasteiger partial charge in [-0.05, 0) is 55.4 Å². The van der Waals surface area contributed by atoms with Gasteiger partial charge in [0.15, 0.2) is 5.78 Å². The normalized spacial score (nSPS) is 51.0. The maximum absolute atomic E-state index is 13.0. The van der Waals surface area contributed by atoms with Gasteiger partial charge in [0.1, 0.15) is 5.78 Å². The van der Waals surface area contributed by atoms with Crippen molar-refractivity contribution < 1.29 is 14.7 Å². The third kappa shape index (κ3) is 1.72. The molecule has 0 heterocycles. The Kier molecular flexibility index (Phi) is 3.01. The van der Waals surface area contributed by atoms with Crippen molar-refractivity contribution in [1.29, 1.82) is 0 Å². The summed E-state index contributed by atoms with van der Waals surface area (Å²) in [6.07, 6.45) is 7.33. The summed E-state index contributed by atoms with van der Waals surface area (Å²) >= 11 is 0. The van der Waals surface area contributed by atoms with Crippen LogP contribution in [-0.2, 0) is 9.59 Å². The van der Waals surface area contributed by atoms with Crippen LogP contribution in [-0.4, -0.2) is 22.8 Å². The Hall–Kier alpha value is -0.960. The summed E-state index contributed by atoms with van der Waals surface area (Å²) in [7, 11) is 0. The van der Waals surface area contributed by atoms with Crippen molar-refractivity contribution in [3.63, 3.8) is 0 Å². The first-order chi connectivity index (χ1) is 10.4. The van der Waals surface area contributed by atoms with Gasteiger partial charge in [-0.1, -0.05) is 19.4 Å². The summed E-state index contributed by atoms with van der Waals surface area (Å²) in [6, 6.07) is 0. The second kappa shape index (κ2) is 4.53. The van der Waals surface area contributed by atoms with Gasteiger partial charge in [0.2, 0.25) is 0 Å². The van der Waals surface area contributed by atoms with Crippen LogP contribution in [0.5, 0.6) is 0 Å². The third-order valence-corrected chi connectivity index (χ3v) is 7.60. The predicted octanol–water partition coefficient (Wildman–Crippen LogP) is 3.06. The number of carbonyl (C=O) groups excluding carboxylic acids is 2. The SMILES string of the molecule is C[C@@]12CC(=O)[C@@H]3[C@H](CCC4=CC(=O)CC[C@@]43C)[C@H]1CC[C@H]2O. The minimum atomic E-state index is -0.319. The number of aliphatic hydroxyl groups is 1. The number of aliphatic hydroxyl groups excluding tert-OH is 1. The molecule has 0 amide bonds. The van der Waals surface area contributed by atoms with Crippen molar-refractivity contribution in [3.8, 4) is 0 Å². The smallest absolute Gasteiger partial charge is 0.155 e. The molecule has 0 aliphatic heterocycles. The van der Waals surface area contributed by atoms with Crippen molar-refractivity contribution in [3.05, 3.63) is 11.6 Å². The molecule has 4 rings (SSSR count). The summed E-state index contributed by atoms with van der Waals surface area (Å²) in [5.74, 6) is 1.52. The molecule has 0 radical (unpaired) electrons. The monoisotopic (exact) mass is 302 g/mol. The van der Waals surface area contributed by atoms with Gasteiger partial charge in [-0.15, -0.1) is 0 Å². The van der Waals surface area contributed by atoms with Gasteiger partial charge in [0, 0.05) is 24.2 Å². The number of ketones is 2. The molecule has 120 valence electrons. The van der Waals surface area contributed by atoms with Gasteiger partial charge < -0.3 is 5.11 Å². The summed E-state index contributed by atoms with van der Waals surface area (Å²) in [5, 5.41) is 10.4. The molecular formula is C19H26O3. The van der Waals surface area contributed by atoms with Crippen molar-refractivity contribution >= 4 is 11.6 Å². The Labute approximate surface area is 132 Å². The third-order valence-electron chi connectivity index (χ3n) is 7.60. The molecule has 6 atom stereocenters. The molecule has 3 heteroatoms. The molecule has 3 saturated carbocycles. The second-order valence-corrected chi connectivity index (χ2v) is 8.58. The molecule has 1 N–H and O–H groups in total. The lowest BCUT2D eigenvalue weighted by atomic mass is 9.47. The number of hydrogen-bond donors (Lipinski definition) is 1. The average Bonchev–Trinajstić information content (AvgIpc) is 2.75. The highest BCUT2D eigenvalue weighted by Crippen LogP contribution is 2.64. The van der Waals surface area contributed by atoms with E-state index in [1.165, 1.54) is 5.57 Å². The molecule has 0 spiro atoms. The molecule has 0 unspecified atom stereocenters. The largest absolute Gasteiger partial charge is 0.393 e. The van der Waals surface area contributed by atoms with Crippen molar-refractivity contribution in [2.75, 3.05) is 0 Å². The molecule has 4 aliphatic rings. The van der Waals surface area contributed by atoms with Crippen LogP contribution in [0, 0.1) is 28.6 Å². The molecule has 3 nitrogen and oxygen atoms in total. The highest BCUT2D eigenvalue weighted by Gasteiger charge is 2.61. The molecule has 22 heavy (non-hydrogen) atoms. The van der Waals surface area contributed by atoms with Crippen LogP contribution >= 0.6 is 0 Å². The standard InChI is InChI=1S/C19H26O3/c1-18-8-7-12(20)9-11(18)3-4-13-14-5-6-16(22)19(14,2)10-15(21)17(13)18/h9,13-14,16-17,22H,3-8,10H2,1-2H3/t13-,14-,16-,17+,18+,19-/m1/s1. The Morgan fingerprint density at radius 2 is 1.91 bits per heavy atom. The topological polar surface area (TPSA) is 54.4 Å². The number of rotatable bonds is 0. The number of carbonyl (C=O) groups is 2. The minimum absolute atomic E-state index is 0.0731. The predicted molar refractivity (Wildman–Crippen MR) is 83.1 cm³/mol. The Balaban J connectivity index is 1.76. The first-order valence-corrected chi connectivity index (χ1v) is 8.81. The highest BCUT2D eigenvalue weighted by atomic mass is 16.3. The van der Waals surface area contributed by atoms with E-state index in [4.69, 9.17) is 0 Å². The van der Waals surface area contributed by atoms with Crippen LogP contribution in [0.1, 0.15) is 58.8 Å². The zero-order valence-electron chi connectivity index (χ0n) is 13.6. The summed E-state index contributed by atoms with van der Waals surface area (Å²) < 4.78 is 0. The number of hydrogen-bond acceptors (Lipinski definition) is 3. The highest BCUT2D eigenvalue weighted by molar-refractivity contribution is 5.93. The van der Waals surface area contributed by atoms with Crippen molar-refractivity contribution in [2.45, 2.75) is 64.9 Å². The molecule has 0 aromatic rings. The van der Waals surface area contributed by atoms with E-state index in [1.54, 1.807) is 0 Å². The second-order valence-electron chi connectivity index (χ2n) is 8.58. The van der Waals surface area contributed by atoms with Crippen LogP contribution in [0.25, 0.3) is 0 Å². The van der Waals surface area contributed by atoms with Crippen molar-refractivity contribution in [1.82, 2.24) is 0 Å². The van der Waals surface area contributed by atoms with Gasteiger partial charge in [0.25, 0.3) is 0 Å². The molecular weight excluding hydrogens is 276 g/mol. The fraction of sp³-hybridized carbons (Fsp3) is 0.789. The van der Waals surface area contributed by atoms with Crippen LogP contribution in [0.15, 0.2) is 11.6 Å². The quantitative estimate of drug-likeness (QED) is 0.748. The maximum atomic E-state index is 13.0. The Morgan fingerprint density at radius 3 is 2.68 bits per heavy atom. The van der Waals surface area contributed by atoms with Gasteiger partial charge in [0.05, 0.1) is 6.10 Å². The fourth-order valence-corrected chi connectivity index (χ4v) is 6.36. The Bertz CT molecular complexity index is 577. The van der Waals surface area contributed by atoms with E-state index in [9.17, 15) is 14.7 Å². The van der Waals surface area contributed by atoms with Crippen LogP contribution < -0.4 is 0 Å². The first-order valence-electron chi connectivity index (χ1n) is 8.81. The molecule has 0 saturated heterocycles. The van der Waals surface area contributed by atoms with Gasteiger partial charge in [-0.3, -0.25) is 9.59 Å². The number of allylic oxidation sites excluding steroid dienone is 1. The van der Waals surface area contributed by atoms with Gasteiger partial charge >= 0.3 is 0 Å². The van der Waals surface area contributed by atoms with Gasteiger partial charge in [-0.25, -0.2) is 0 Å². The fourth-order valence-electron chi connectivity index (χ4n) is 6.36. The lowest BCUT2D eigenvalue weighted by Crippen LogP contribution is -2.55. The average molecular weight is 302 g/mol. The minimum Gasteiger partial charge on any atom is -0.393 e. The van der Waals surface area contributed by atoms with Gasteiger partial charge in [-0.2, -0.15) is 0 Å². The van der Waals surface area contributed by atoms with E-state index in [0.717, 1.165) is 32.1 Å². The van der Waals surface area contributed by atoms with Crippen LogP contribution in [0.4, 0.5) is 0 Å². The first kappa shape index (κ1) is 14.6. The summed E-state index contributed by atoms with van der Waals surface area (Å²) in [5.41, 5.74) is 0.906. The van der Waals surface area contributed by atoms with E-state index < -0.39 is 0 Å². The maximum Gasteiger partial charge on any atom is 0.155 e. The molecule has 0 aromatic heterocycles. The molecule has 0 aromatic carbocycles. The van der Waals surface area contributed by atoms with E-state index in [1.807, 2.05) is 6.08 Å². The zero-order chi connectivity index (χ0) is 15.7. The lowest BCUT2D eigenvalue weighted by molar-refractivity contribution is -0.148. The molecule has 3 fully saturated rings. The zero-order valence-corrected chi connectivity index (χ0v) is 13.6. The summed E-state index contributed by atoms with van der Waals surface area (Å²) in [4.78, 5) is 24.8. The van der Waals surface area contributed by atoms with E-state index >= 15 is 0 Å². The number of fused-ring (bicyclic) bond motifs is 5. The Morgan fingerprint density at radius 1 is 1.14 bits per heavy atom. The van der Waals surface area contributed by atoms with E-state index in [0.29, 0.717) is 30.5 Å². The van der Waals surface area contributed by atoms with Crippen LogP contribution in [0.3, 0.4) is 0 Å². The van der Waals surface area contributed by atoms with Crippen LogP contribution in [0.2, 0.25) is 0 Å².